The van der Waals surface area contributed by atoms with Crippen molar-refractivity contribution in [3.63, 3.8) is 0 Å². The summed E-state index contributed by atoms with van der Waals surface area (Å²) in [4.78, 5) is 15.7. The molecule has 1 aliphatic heterocycles. The third-order valence-corrected chi connectivity index (χ3v) is 2.80. The summed E-state index contributed by atoms with van der Waals surface area (Å²) >= 11 is 0. The average molecular weight is 199 g/mol. The van der Waals surface area contributed by atoms with E-state index in [1.54, 1.807) is 0 Å². The van der Waals surface area contributed by atoms with Crippen LogP contribution >= 0.6 is 0 Å². The fourth-order valence-electron chi connectivity index (χ4n) is 1.86. The summed E-state index contributed by atoms with van der Waals surface area (Å²) in [6.07, 6.45) is 0. The first-order chi connectivity index (χ1) is 6.56. The molecule has 1 N–H and O–H groups in total. The Balaban J connectivity index is 2.60. The van der Waals surface area contributed by atoms with Crippen LogP contribution in [0, 0.1) is 0 Å². The molecule has 0 aromatic heterocycles. The lowest BCUT2D eigenvalue weighted by atomic mass is 10.1. The highest BCUT2D eigenvalue weighted by Gasteiger charge is 2.30. The van der Waals surface area contributed by atoms with Gasteiger partial charge in [-0.3, -0.25) is 9.69 Å². The fourth-order valence-corrected chi connectivity index (χ4v) is 1.86. The molecule has 0 radical (unpaired) electrons. The van der Waals surface area contributed by atoms with E-state index in [1.165, 1.54) is 0 Å². The summed E-state index contributed by atoms with van der Waals surface area (Å²) < 4.78 is 0. The number of carbonyl (C=O) groups is 1. The number of amides is 1. The standard InChI is InChI=1S/C10H21N3O/c1-8(2)13-6-9(5-11-3)12(4)7-10(13)14/h8-9,11H,5-7H2,1-4H3. The van der Waals surface area contributed by atoms with Crippen LogP contribution in [-0.4, -0.2) is 61.5 Å². The van der Waals surface area contributed by atoms with E-state index >= 15 is 0 Å². The quantitative estimate of drug-likeness (QED) is 0.681. The minimum Gasteiger partial charge on any atom is -0.338 e. The highest BCUT2D eigenvalue weighted by molar-refractivity contribution is 5.79. The van der Waals surface area contributed by atoms with Crippen LogP contribution < -0.4 is 5.32 Å². The van der Waals surface area contributed by atoms with Crippen LogP contribution in [0.2, 0.25) is 0 Å². The SMILES string of the molecule is CNCC1CN(C(C)C)C(=O)CN1C. The maximum Gasteiger partial charge on any atom is 0.237 e. The Bertz CT molecular complexity index is 206. The molecule has 1 fully saturated rings. The molecule has 0 aromatic rings. The van der Waals surface area contributed by atoms with E-state index in [0.29, 0.717) is 18.6 Å². The molecule has 1 aliphatic rings. The summed E-state index contributed by atoms with van der Waals surface area (Å²) in [7, 11) is 3.96. The molecule has 1 rings (SSSR count). The van der Waals surface area contributed by atoms with Crippen LogP contribution in [0.4, 0.5) is 0 Å². The molecule has 1 heterocycles. The number of carbonyl (C=O) groups excluding carboxylic acids is 1. The minimum atomic E-state index is 0.245. The molecule has 4 nitrogen and oxygen atoms in total. The van der Waals surface area contributed by atoms with E-state index in [9.17, 15) is 4.79 Å². The summed E-state index contributed by atoms with van der Waals surface area (Å²) in [5, 5.41) is 3.16. The van der Waals surface area contributed by atoms with Gasteiger partial charge in [-0.25, -0.2) is 0 Å². The van der Waals surface area contributed by atoms with E-state index in [1.807, 2.05) is 19.0 Å². The molecule has 0 bridgehead atoms. The molecular weight excluding hydrogens is 178 g/mol. The number of nitrogens with one attached hydrogen (secondary N) is 1. The second kappa shape index (κ2) is 4.75. The molecule has 0 spiro atoms. The summed E-state index contributed by atoms with van der Waals surface area (Å²) in [5.41, 5.74) is 0. The maximum absolute atomic E-state index is 11.7. The molecule has 1 unspecified atom stereocenters. The second-order valence-corrected chi connectivity index (χ2v) is 4.27. The van der Waals surface area contributed by atoms with Crippen molar-refractivity contribution >= 4 is 5.91 Å². The highest BCUT2D eigenvalue weighted by atomic mass is 16.2. The number of likely N-dealkylation sites (N-methyl/N-ethyl adjacent to an activating group) is 2. The van der Waals surface area contributed by atoms with Crippen molar-refractivity contribution in [2.75, 3.05) is 33.7 Å². The van der Waals surface area contributed by atoms with Crippen LogP contribution in [-0.2, 0) is 4.79 Å². The average Bonchev–Trinajstić information content (AvgIpc) is 2.09. The Kier molecular flexibility index (Phi) is 3.89. The van der Waals surface area contributed by atoms with Crippen molar-refractivity contribution in [2.24, 2.45) is 0 Å². The number of hydrogen-bond donors (Lipinski definition) is 1. The normalized spacial score (nSPS) is 24.8. The lowest BCUT2D eigenvalue weighted by molar-refractivity contribution is -0.139. The lowest BCUT2D eigenvalue weighted by Gasteiger charge is -2.40. The van der Waals surface area contributed by atoms with Gasteiger partial charge in [-0.15, -0.1) is 0 Å². The topological polar surface area (TPSA) is 35.6 Å². The van der Waals surface area contributed by atoms with Gasteiger partial charge in [0.15, 0.2) is 0 Å². The van der Waals surface area contributed by atoms with E-state index in [0.717, 1.165) is 13.1 Å². The molecule has 0 aliphatic carbocycles. The van der Waals surface area contributed by atoms with Crippen LogP contribution in [0.1, 0.15) is 13.8 Å². The Morgan fingerprint density at radius 3 is 2.71 bits per heavy atom. The Morgan fingerprint density at radius 1 is 1.57 bits per heavy atom. The van der Waals surface area contributed by atoms with Gasteiger partial charge in [0, 0.05) is 25.2 Å². The Labute approximate surface area is 86.2 Å². The van der Waals surface area contributed by atoms with Crippen LogP contribution in [0.3, 0.4) is 0 Å². The van der Waals surface area contributed by atoms with E-state index in [4.69, 9.17) is 0 Å². The van der Waals surface area contributed by atoms with Crippen LogP contribution in [0.25, 0.3) is 0 Å². The van der Waals surface area contributed by atoms with Crippen molar-refractivity contribution in [1.29, 1.82) is 0 Å². The fraction of sp³-hybridized carbons (Fsp3) is 0.900. The first-order valence-electron chi connectivity index (χ1n) is 5.20. The monoisotopic (exact) mass is 199 g/mol. The first-order valence-corrected chi connectivity index (χ1v) is 5.20. The molecule has 0 aromatic carbocycles. The largest absolute Gasteiger partial charge is 0.338 e. The van der Waals surface area contributed by atoms with Crippen molar-refractivity contribution in [3.05, 3.63) is 0 Å². The van der Waals surface area contributed by atoms with Crippen LogP contribution in [0.5, 0.6) is 0 Å². The minimum absolute atomic E-state index is 0.245. The predicted molar refractivity (Wildman–Crippen MR) is 57.2 cm³/mol. The van der Waals surface area contributed by atoms with Gasteiger partial charge < -0.3 is 10.2 Å². The Hall–Kier alpha value is -0.610. The summed E-state index contributed by atoms with van der Waals surface area (Å²) in [6, 6.07) is 0.760. The molecule has 0 saturated carbocycles. The highest BCUT2D eigenvalue weighted by Crippen LogP contribution is 2.11. The third kappa shape index (κ3) is 2.45. The van der Waals surface area contributed by atoms with Crippen molar-refractivity contribution in [2.45, 2.75) is 25.9 Å². The molecule has 14 heavy (non-hydrogen) atoms. The number of hydrogen-bond acceptors (Lipinski definition) is 3. The van der Waals surface area contributed by atoms with E-state index in [2.05, 4.69) is 24.1 Å². The van der Waals surface area contributed by atoms with Gasteiger partial charge in [0.25, 0.3) is 0 Å². The van der Waals surface area contributed by atoms with Gasteiger partial charge in [0.2, 0.25) is 5.91 Å². The zero-order valence-electron chi connectivity index (χ0n) is 9.58. The predicted octanol–water partition coefficient (Wildman–Crippen LogP) is -0.243. The molecule has 4 heteroatoms. The van der Waals surface area contributed by atoms with Gasteiger partial charge in [-0.05, 0) is 27.9 Å². The zero-order chi connectivity index (χ0) is 10.7. The molecule has 1 amide bonds. The van der Waals surface area contributed by atoms with Gasteiger partial charge in [-0.1, -0.05) is 0 Å². The Morgan fingerprint density at radius 2 is 2.21 bits per heavy atom. The number of rotatable bonds is 3. The van der Waals surface area contributed by atoms with Gasteiger partial charge in [0.1, 0.15) is 0 Å². The van der Waals surface area contributed by atoms with E-state index in [-0.39, 0.29) is 5.91 Å². The van der Waals surface area contributed by atoms with Gasteiger partial charge >= 0.3 is 0 Å². The van der Waals surface area contributed by atoms with E-state index < -0.39 is 0 Å². The van der Waals surface area contributed by atoms with Gasteiger partial charge in [0.05, 0.1) is 6.54 Å². The molecule has 82 valence electrons. The smallest absolute Gasteiger partial charge is 0.237 e. The zero-order valence-corrected chi connectivity index (χ0v) is 9.58. The van der Waals surface area contributed by atoms with Crippen molar-refractivity contribution in [3.8, 4) is 0 Å². The third-order valence-electron chi connectivity index (χ3n) is 2.80. The molecule has 1 saturated heterocycles. The molecular formula is C10H21N3O. The summed E-state index contributed by atoms with van der Waals surface area (Å²) in [5.74, 6) is 0.245. The first kappa shape index (κ1) is 11.5. The second-order valence-electron chi connectivity index (χ2n) is 4.27. The van der Waals surface area contributed by atoms with Crippen LogP contribution in [0.15, 0.2) is 0 Å². The lowest BCUT2D eigenvalue weighted by Crippen LogP contribution is -2.58. The number of piperazine rings is 1. The van der Waals surface area contributed by atoms with Gasteiger partial charge in [-0.2, -0.15) is 0 Å². The summed E-state index contributed by atoms with van der Waals surface area (Å²) in [6.45, 7) is 6.46. The van der Waals surface area contributed by atoms with Crippen molar-refractivity contribution < 1.29 is 4.79 Å². The number of nitrogens with zero attached hydrogens (tertiary/aromatic N) is 2. The van der Waals surface area contributed by atoms with Crippen molar-refractivity contribution in [1.82, 2.24) is 15.1 Å². The maximum atomic E-state index is 11.7. The molecule has 1 atom stereocenters.